The van der Waals surface area contributed by atoms with Gasteiger partial charge in [0.2, 0.25) is 15.9 Å². The lowest BCUT2D eigenvalue weighted by atomic mass is 9.95. The molecule has 2 atom stereocenters. The van der Waals surface area contributed by atoms with Crippen molar-refractivity contribution in [2.24, 2.45) is 5.73 Å². The second-order valence-electron chi connectivity index (χ2n) is 6.65. The predicted octanol–water partition coefficient (Wildman–Crippen LogP) is 3.36. The van der Waals surface area contributed by atoms with E-state index in [1.54, 1.807) is 12.1 Å². The molecule has 3 aromatic rings. The maximum atomic E-state index is 13.0. The SMILES string of the molecule is CC(=O)Nc1ccc(S(=O)(=O)N[C@H](c2ccccc2)[C@H](N)c2ccccc2)cc1. The highest BCUT2D eigenvalue weighted by atomic mass is 32.2. The molecule has 0 unspecified atom stereocenters. The largest absolute Gasteiger partial charge is 0.326 e. The van der Waals surface area contributed by atoms with Crippen molar-refractivity contribution in [1.29, 1.82) is 0 Å². The Morgan fingerprint density at radius 1 is 0.828 bits per heavy atom. The summed E-state index contributed by atoms with van der Waals surface area (Å²) < 4.78 is 28.8. The zero-order chi connectivity index (χ0) is 20.9. The fourth-order valence-electron chi connectivity index (χ4n) is 3.03. The lowest BCUT2D eigenvalue weighted by Gasteiger charge is -2.26. The Balaban J connectivity index is 1.91. The van der Waals surface area contributed by atoms with E-state index >= 15 is 0 Å². The molecule has 3 aromatic carbocycles. The maximum Gasteiger partial charge on any atom is 0.241 e. The van der Waals surface area contributed by atoms with Crippen molar-refractivity contribution >= 4 is 21.6 Å². The molecule has 3 rings (SSSR count). The van der Waals surface area contributed by atoms with E-state index < -0.39 is 22.1 Å². The van der Waals surface area contributed by atoms with Crippen molar-refractivity contribution in [2.45, 2.75) is 23.9 Å². The number of carbonyl (C=O) groups is 1. The monoisotopic (exact) mass is 409 g/mol. The fourth-order valence-corrected chi connectivity index (χ4v) is 4.28. The molecule has 6 nitrogen and oxygen atoms in total. The molecule has 0 saturated heterocycles. The van der Waals surface area contributed by atoms with Crippen LogP contribution in [0, 0.1) is 0 Å². The molecule has 0 saturated carbocycles. The van der Waals surface area contributed by atoms with Crippen LogP contribution in [0.3, 0.4) is 0 Å². The van der Waals surface area contributed by atoms with Crippen molar-refractivity contribution < 1.29 is 13.2 Å². The van der Waals surface area contributed by atoms with Crippen LogP contribution in [-0.4, -0.2) is 14.3 Å². The molecule has 0 radical (unpaired) electrons. The van der Waals surface area contributed by atoms with Crippen molar-refractivity contribution in [3.63, 3.8) is 0 Å². The van der Waals surface area contributed by atoms with Crippen molar-refractivity contribution in [3.05, 3.63) is 96.1 Å². The second kappa shape index (κ2) is 9.00. The van der Waals surface area contributed by atoms with Gasteiger partial charge in [0.05, 0.1) is 17.0 Å². The first-order chi connectivity index (χ1) is 13.9. The average molecular weight is 410 g/mol. The molecule has 150 valence electrons. The van der Waals surface area contributed by atoms with E-state index in [-0.39, 0.29) is 10.8 Å². The molecule has 7 heteroatoms. The molecule has 0 fully saturated rings. The van der Waals surface area contributed by atoms with Gasteiger partial charge < -0.3 is 11.1 Å². The van der Waals surface area contributed by atoms with Gasteiger partial charge in [-0.1, -0.05) is 60.7 Å². The first-order valence-corrected chi connectivity index (χ1v) is 10.6. The van der Waals surface area contributed by atoms with Crippen LogP contribution in [0.2, 0.25) is 0 Å². The molecule has 0 aliphatic heterocycles. The summed E-state index contributed by atoms with van der Waals surface area (Å²) in [5.74, 6) is -0.225. The Morgan fingerprint density at radius 3 is 1.86 bits per heavy atom. The van der Waals surface area contributed by atoms with Crippen molar-refractivity contribution in [3.8, 4) is 0 Å². The average Bonchev–Trinajstić information content (AvgIpc) is 2.73. The van der Waals surface area contributed by atoms with E-state index in [4.69, 9.17) is 5.73 Å². The Hall–Kier alpha value is -3.00. The van der Waals surface area contributed by atoms with Gasteiger partial charge in [-0.2, -0.15) is 0 Å². The molecule has 1 amide bonds. The van der Waals surface area contributed by atoms with Gasteiger partial charge in [-0.3, -0.25) is 4.79 Å². The van der Waals surface area contributed by atoms with Crippen LogP contribution in [-0.2, 0) is 14.8 Å². The van der Waals surface area contributed by atoms with E-state index in [2.05, 4.69) is 10.0 Å². The Labute approximate surface area is 170 Å². The van der Waals surface area contributed by atoms with Gasteiger partial charge in [-0.15, -0.1) is 0 Å². The standard InChI is InChI=1S/C22H23N3O3S/c1-16(26)24-19-12-14-20(15-13-19)29(27,28)25-22(18-10-6-3-7-11-18)21(23)17-8-4-2-5-9-17/h2-15,21-22,25H,23H2,1H3,(H,24,26)/t21-,22-/m1/s1. The lowest BCUT2D eigenvalue weighted by Crippen LogP contribution is -2.36. The van der Waals surface area contributed by atoms with Crippen LogP contribution in [0.15, 0.2) is 89.8 Å². The number of hydrogen-bond donors (Lipinski definition) is 3. The topological polar surface area (TPSA) is 101 Å². The first-order valence-electron chi connectivity index (χ1n) is 9.12. The Morgan fingerprint density at radius 2 is 1.34 bits per heavy atom. The van der Waals surface area contributed by atoms with E-state index in [1.165, 1.54) is 19.1 Å². The summed E-state index contributed by atoms with van der Waals surface area (Å²) in [6, 6.07) is 23.4. The van der Waals surface area contributed by atoms with Gasteiger partial charge in [0.25, 0.3) is 0 Å². The van der Waals surface area contributed by atoms with Gasteiger partial charge in [-0.05, 0) is 35.4 Å². The number of rotatable bonds is 7. The number of hydrogen-bond acceptors (Lipinski definition) is 4. The zero-order valence-electron chi connectivity index (χ0n) is 15.9. The summed E-state index contributed by atoms with van der Waals surface area (Å²) in [6.45, 7) is 1.39. The van der Waals surface area contributed by atoms with Gasteiger partial charge in [-0.25, -0.2) is 13.1 Å². The zero-order valence-corrected chi connectivity index (χ0v) is 16.8. The molecule has 4 N–H and O–H groups in total. The molecule has 0 spiro atoms. The van der Waals surface area contributed by atoms with Crippen molar-refractivity contribution in [1.82, 2.24) is 4.72 Å². The van der Waals surface area contributed by atoms with Crippen LogP contribution in [0.25, 0.3) is 0 Å². The summed E-state index contributed by atoms with van der Waals surface area (Å²) in [5, 5.41) is 2.62. The number of nitrogens with two attached hydrogens (primary N) is 1. The van der Waals surface area contributed by atoms with E-state index in [0.29, 0.717) is 5.69 Å². The molecule has 0 bridgehead atoms. The molecular formula is C22H23N3O3S. The molecule has 0 heterocycles. The lowest BCUT2D eigenvalue weighted by molar-refractivity contribution is -0.114. The van der Waals surface area contributed by atoms with Crippen LogP contribution < -0.4 is 15.8 Å². The third-order valence-electron chi connectivity index (χ3n) is 4.47. The normalized spacial score (nSPS) is 13.4. The summed E-state index contributed by atoms with van der Waals surface area (Å²) in [5.41, 5.74) is 8.58. The number of nitrogens with one attached hydrogen (secondary N) is 2. The summed E-state index contributed by atoms with van der Waals surface area (Å²) in [4.78, 5) is 11.2. The van der Waals surface area contributed by atoms with Crippen LogP contribution in [0.4, 0.5) is 5.69 Å². The highest BCUT2D eigenvalue weighted by Gasteiger charge is 2.27. The van der Waals surface area contributed by atoms with Gasteiger partial charge >= 0.3 is 0 Å². The predicted molar refractivity (Wildman–Crippen MR) is 114 cm³/mol. The minimum absolute atomic E-state index is 0.0906. The fraction of sp³-hybridized carbons (Fsp3) is 0.136. The molecule has 0 aliphatic carbocycles. The van der Waals surface area contributed by atoms with Gasteiger partial charge in [0.1, 0.15) is 0 Å². The third kappa shape index (κ3) is 5.29. The summed E-state index contributed by atoms with van der Waals surface area (Å²) in [7, 11) is -3.85. The molecule has 29 heavy (non-hydrogen) atoms. The second-order valence-corrected chi connectivity index (χ2v) is 8.37. The van der Waals surface area contributed by atoms with E-state index in [9.17, 15) is 13.2 Å². The number of benzene rings is 3. The van der Waals surface area contributed by atoms with Crippen LogP contribution >= 0.6 is 0 Å². The van der Waals surface area contributed by atoms with Gasteiger partial charge in [0, 0.05) is 12.6 Å². The molecular weight excluding hydrogens is 386 g/mol. The number of anilines is 1. The smallest absolute Gasteiger partial charge is 0.241 e. The van der Waals surface area contributed by atoms with Gasteiger partial charge in [0.15, 0.2) is 0 Å². The number of amides is 1. The van der Waals surface area contributed by atoms with E-state index in [1.807, 2.05) is 60.7 Å². The Bertz CT molecular complexity index is 1050. The maximum absolute atomic E-state index is 13.0. The summed E-state index contributed by atoms with van der Waals surface area (Å²) in [6.07, 6.45) is 0. The number of carbonyl (C=O) groups excluding carboxylic acids is 1. The highest BCUT2D eigenvalue weighted by Crippen LogP contribution is 2.29. The summed E-state index contributed by atoms with van der Waals surface area (Å²) >= 11 is 0. The van der Waals surface area contributed by atoms with Crippen LogP contribution in [0.1, 0.15) is 30.1 Å². The minimum atomic E-state index is -3.85. The highest BCUT2D eigenvalue weighted by molar-refractivity contribution is 7.89. The molecule has 0 aliphatic rings. The van der Waals surface area contributed by atoms with E-state index in [0.717, 1.165) is 11.1 Å². The minimum Gasteiger partial charge on any atom is -0.326 e. The Kier molecular flexibility index (Phi) is 6.43. The number of sulfonamides is 1. The first kappa shape index (κ1) is 20.7. The van der Waals surface area contributed by atoms with Crippen molar-refractivity contribution in [2.75, 3.05) is 5.32 Å². The molecule has 0 aromatic heterocycles. The third-order valence-corrected chi connectivity index (χ3v) is 5.93. The quantitative estimate of drug-likeness (QED) is 0.557. The van der Waals surface area contributed by atoms with Crippen LogP contribution in [0.5, 0.6) is 0 Å².